The number of benzene rings is 2. The molecule has 0 saturated heterocycles. The summed E-state index contributed by atoms with van der Waals surface area (Å²) in [5.41, 5.74) is 4.46. The third-order valence-corrected chi connectivity index (χ3v) is 6.36. The molecule has 1 atom stereocenters. The van der Waals surface area contributed by atoms with Crippen LogP contribution < -0.4 is 24.4 Å². The molecule has 0 radical (unpaired) electrons. The van der Waals surface area contributed by atoms with E-state index in [0.29, 0.717) is 29.0 Å². The van der Waals surface area contributed by atoms with Crippen LogP contribution in [-0.2, 0) is 10.4 Å². The van der Waals surface area contributed by atoms with Crippen molar-refractivity contribution < 1.29 is 28.3 Å². The lowest BCUT2D eigenvalue weighted by Gasteiger charge is -2.17. The summed E-state index contributed by atoms with van der Waals surface area (Å²) in [5, 5.41) is 4.14. The van der Waals surface area contributed by atoms with Gasteiger partial charge in [-0.2, -0.15) is 4.98 Å². The van der Waals surface area contributed by atoms with Crippen LogP contribution in [0.15, 0.2) is 47.0 Å². The average molecular weight is 480 g/mol. The molecule has 1 aromatic heterocycles. The Kier molecular flexibility index (Phi) is 6.25. The average Bonchev–Trinajstić information content (AvgIpc) is 3.65. The van der Waals surface area contributed by atoms with E-state index in [1.165, 1.54) is 12.8 Å². The van der Waals surface area contributed by atoms with E-state index in [4.69, 9.17) is 28.3 Å². The fraction of sp³-hybridized carbons (Fsp3) is 0.385. The molecule has 2 heterocycles. The highest BCUT2D eigenvalue weighted by molar-refractivity contribution is 5.69. The first-order chi connectivity index (χ1) is 17.0. The molecule has 2 aliphatic rings. The van der Waals surface area contributed by atoms with Crippen molar-refractivity contribution in [3.63, 3.8) is 0 Å². The van der Waals surface area contributed by atoms with Gasteiger partial charge in [0.15, 0.2) is 28.6 Å². The first kappa shape index (κ1) is 23.0. The van der Waals surface area contributed by atoms with Gasteiger partial charge in [0.25, 0.3) is 5.89 Å². The molecule has 35 heavy (non-hydrogen) atoms. The monoisotopic (exact) mass is 479 g/mol. The van der Waals surface area contributed by atoms with Crippen LogP contribution in [-0.4, -0.2) is 37.6 Å². The van der Waals surface area contributed by atoms with E-state index in [-0.39, 0.29) is 6.10 Å². The second kappa shape index (κ2) is 9.50. The SMILES string of the molecule is COc1ccc(-c2noc(C3(C)C=C(c4ccc(OC)c(OC5CCCC5)c4)NO3)n2)cc1OC. The van der Waals surface area contributed by atoms with Gasteiger partial charge < -0.3 is 23.5 Å². The smallest absolute Gasteiger partial charge is 0.265 e. The number of ether oxygens (including phenoxy) is 4. The third kappa shape index (κ3) is 4.51. The molecule has 2 aromatic carbocycles. The molecule has 1 N–H and O–H groups in total. The maximum Gasteiger partial charge on any atom is 0.265 e. The molecule has 0 amide bonds. The van der Waals surface area contributed by atoms with Crippen LogP contribution in [0.4, 0.5) is 0 Å². The van der Waals surface area contributed by atoms with E-state index in [1.54, 1.807) is 33.5 Å². The largest absolute Gasteiger partial charge is 0.493 e. The van der Waals surface area contributed by atoms with Crippen LogP contribution in [0.1, 0.15) is 44.1 Å². The summed E-state index contributed by atoms with van der Waals surface area (Å²) in [6.45, 7) is 1.86. The molecular weight excluding hydrogens is 450 g/mol. The molecule has 1 aliphatic carbocycles. The fourth-order valence-corrected chi connectivity index (χ4v) is 4.38. The zero-order valence-electron chi connectivity index (χ0n) is 20.3. The van der Waals surface area contributed by atoms with Crippen molar-refractivity contribution in [1.29, 1.82) is 0 Å². The molecule has 0 spiro atoms. The van der Waals surface area contributed by atoms with Crippen LogP contribution >= 0.6 is 0 Å². The van der Waals surface area contributed by atoms with E-state index < -0.39 is 5.60 Å². The molecule has 1 fully saturated rings. The van der Waals surface area contributed by atoms with Gasteiger partial charge in [-0.1, -0.05) is 5.16 Å². The Labute approximate surface area is 203 Å². The molecule has 9 nitrogen and oxygen atoms in total. The zero-order chi connectivity index (χ0) is 24.4. The van der Waals surface area contributed by atoms with E-state index in [1.807, 2.05) is 37.3 Å². The van der Waals surface area contributed by atoms with E-state index in [9.17, 15) is 0 Å². The standard InChI is InChI=1S/C26H29N3O6/c1-26(25-27-24(29-34-25)17-10-12-20(30-2)22(14-17)32-4)15-19(28-35-26)16-9-11-21(31-3)23(13-16)33-18-7-5-6-8-18/h9-15,18,28H,5-8H2,1-4H3. The van der Waals surface area contributed by atoms with Crippen molar-refractivity contribution in [2.24, 2.45) is 0 Å². The van der Waals surface area contributed by atoms with Gasteiger partial charge in [0, 0.05) is 11.1 Å². The predicted octanol–water partition coefficient (Wildman–Crippen LogP) is 4.87. The normalized spacial score (nSPS) is 19.8. The highest BCUT2D eigenvalue weighted by Crippen LogP contribution is 2.39. The Bertz CT molecular complexity index is 1230. The summed E-state index contributed by atoms with van der Waals surface area (Å²) < 4.78 is 28.0. The minimum absolute atomic E-state index is 0.222. The fourth-order valence-electron chi connectivity index (χ4n) is 4.38. The number of hydrogen-bond donors (Lipinski definition) is 1. The topological polar surface area (TPSA) is 97.1 Å². The Morgan fingerprint density at radius 3 is 2.26 bits per heavy atom. The minimum atomic E-state index is -0.955. The summed E-state index contributed by atoms with van der Waals surface area (Å²) in [7, 11) is 4.82. The molecule has 0 bridgehead atoms. The maximum absolute atomic E-state index is 6.24. The third-order valence-electron chi connectivity index (χ3n) is 6.36. The van der Waals surface area contributed by atoms with Crippen LogP contribution in [0.3, 0.4) is 0 Å². The quantitative estimate of drug-likeness (QED) is 0.485. The minimum Gasteiger partial charge on any atom is -0.493 e. The lowest BCUT2D eigenvalue weighted by atomic mass is 10.0. The number of hydroxylamine groups is 1. The van der Waals surface area contributed by atoms with Gasteiger partial charge in [0.05, 0.1) is 33.1 Å². The second-order valence-electron chi connectivity index (χ2n) is 8.75. The number of aromatic nitrogens is 2. The molecule has 1 unspecified atom stereocenters. The van der Waals surface area contributed by atoms with Crippen molar-refractivity contribution in [3.05, 3.63) is 53.9 Å². The summed E-state index contributed by atoms with van der Waals surface area (Å²) >= 11 is 0. The summed E-state index contributed by atoms with van der Waals surface area (Å²) in [6, 6.07) is 11.3. The first-order valence-corrected chi connectivity index (χ1v) is 11.6. The molecule has 1 saturated carbocycles. The Morgan fingerprint density at radius 1 is 0.886 bits per heavy atom. The lowest BCUT2D eigenvalue weighted by molar-refractivity contribution is -0.0445. The predicted molar refractivity (Wildman–Crippen MR) is 128 cm³/mol. The highest BCUT2D eigenvalue weighted by Gasteiger charge is 2.38. The van der Waals surface area contributed by atoms with Crippen molar-refractivity contribution in [3.8, 4) is 34.4 Å². The Hall–Kier alpha value is -3.72. The molecule has 184 valence electrons. The van der Waals surface area contributed by atoms with Crippen molar-refractivity contribution in [1.82, 2.24) is 15.6 Å². The van der Waals surface area contributed by atoms with Gasteiger partial charge in [0.2, 0.25) is 5.82 Å². The number of methoxy groups -OCH3 is 3. The molecule has 3 aromatic rings. The molecule has 5 rings (SSSR count). The Balaban J connectivity index is 1.40. The van der Waals surface area contributed by atoms with E-state index >= 15 is 0 Å². The molecular formula is C26H29N3O6. The van der Waals surface area contributed by atoms with Gasteiger partial charge in [-0.3, -0.25) is 10.3 Å². The maximum atomic E-state index is 6.24. The van der Waals surface area contributed by atoms with Gasteiger partial charge in [0.1, 0.15) is 0 Å². The highest BCUT2D eigenvalue weighted by atomic mass is 16.7. The number of hydrogen-bond acceptors (Lipinski definition) is 9. The van der Waals surface area contributed by atoms with Crippen molar-refractivity contribution in [2.45, 2.75) is 44.3 Å². The van der Waals surface area contributed by atoms with Gasteiger partial charge in [-0.05, 0) is 75.1 Å². The van der Waals surface area contributed by atoms with E-state index in [2.05, 4.69) is 15.6 Å². The summed E-state index contributed by atoms with van der Waals surface area (Å²) in [5.74, 6) is 3.38. The molecule has 9 heteroatoms. The van der Waals surface area contributed by atoms with E-state index in [0.717, 1.165) is 35.4 Å². The summed E-state index contributed by atoms with van der Waals surface area (Å²) in [4.78, 5) is 10.5. The number of nitrogens with one attached hydrogen (secondary N) is 1. The van der Waals surface area contributed by atoms with Gasteiger partial charge in [-0.25, -0.2) is 0 Å². The van der Waals surface area contributed by atoms with Gasteiger partial charge in [-0.15, -0.1) is 0 Å². The number of rotatable bonds is 8. The number of nitrogens with zero attached hydrogens (tertiary/aromatic N) is 2. The van der Waals surface area contributed by atoms with Crippen LogP contribution in [0.25, 0.3) is 17.1 Å². The second-order valence-corrected chi connectivity index (χ2v) is 8.75. The summed E-state index contributed by atoms with van der Waals surface area (Å²) in [6.07, 6.45) is 6.66. The van der Waals surface area contributed by atoms with Crippen molar-refractivity contribution >= 4 is 5.70 Å². The Morgan fingerprint density at radius 2 is 1.54 bits per heavy atom. The van der Waals surface area contributed by atoms with Gasteiger partial charge >= 0.3 is 0 Å². The molecule has 1 aliphatic heterocycles. The van der Waals surface area contributed by atoms with Crippen molar-refractivity contribution in [2.75, 3.05) is 21.3 Å². The van der Waals surface area contributed by atoms with Crippen LogP contribution in [0.2, 0.25) is 0 Å². The zero-order valence-corrected chi connectivity index (χ0v) is 20.3. The lowest BCUT2D eigenvalue weighted by Crippen LogP contribution is -2.23. The first-order valence-electron chi connectivity index (χ1n) is 11.6. The van der Waals surface area contributed by atoms with Crippen LogP contribution in [0.5, 0.6) is 23.0 Å². The van der Waals surface area contributed by atoms with Crippen LogP contribution in [0, 0.1) is 0 Å².